The molecule has 2 heterocycles. The number of fused-ring (bicyclic) bond motifs is 1. The highest BCUT2D eigenvalue weighted by molar-refractivity contribution is 6.85. The van der Waals surface area contributed by atoms with Crippen molar-refractivity contribution >= 4 is 13.8 Å². The first-order valence-electron chi connectivity index (χ1n) is 7.48. The van der Waals surface area contributed by atoms with Gasteiger partial charge in [-0.05, 0) is 23.9 Å². The van der Waals surface area contributed by atoms with Gasteiger partial charge < -0.3 is 9.57 Å². The Balaban J connectivity index is 1.47. The molecule has 0 saturated carbocycles. The highest BCUT2D eigenvalue weighted by Crippen LogP contribution is 2.49. The van der Waals surface area contributed by atoms with Crippen molar-refractivity contribution in [2.24, 2.45) is 5.16 Å². The maximum Gasteiger partial charge on any atom is 0.122 e. The number of ether oxygens (including phenoxy) is 1. The molecule has 1 fully saturated rings. The Bertz CT molecular complexity index is 487. The lowest BCUT2D eigenvalue weighted by Crippen LogP contribution is -2.35. The lowest BCUT2D eigenvalue weighted by Gasteiger charge is -2.28. The number of hydrogen-bond donors (Lipinski definition) is 0. The van der Waals surface area contributed by atoms with E-state index in [0.29, 0.717) is 5.54 Å². The Morgan fingerprint density at radius 2 is 2.10 bits per heavy atom. The summed E-state index contributed by atoms with van der Waals surface area (Å²) in [6.45, 7) is 7.38. The molecule has 1 aromatic rings. The van der Waals surface area contributed by atoms with E-state index in [1.807, 2.05) is 6.07 Å². The fraction of sp³-hybridized carbons (Fsp3) is 0.562. The summed E-state index contributed by atoms with van der Waals surface area (Å²) in [5.41, 5.74) is 4.03. The number of nitrogens with zero attached hydrogens (tertiary/aromatic N) is 1. The van der Waals surface area contributed by atoms with E-state index in [9.17, 15) is 0 Å². The van der Waals surface area contributed by atoms with Crippen molar-refractivity contribution < 1.29 is 9.57 Å². The van der Waals surface area contributed by atoms with Gasteiger partial charge in [-0.3, -0.25) is 0 Å². The van der Waals surface area contributed by atoms with Crippen molar-refractivity contribution in [3.63, 3.8) is 0 Å². The van der Waals surface area contributed by atoms with Gasteiger partial charge in [0.2, 0.25) is 0 Å². The summed E-state index contributed by atoms with van der Waals surface area (Å²) >= 11 is 0. The Morgan fingerprint density at radius 1 is 1.30 bits per heavy atom. The average Bonchev–Trinajstić information content (AvgIpc) is 2.99. The third kappa shape index (κ3) is 2.67. The normalized spacial score (nSPS) is 27.0. The lowest BCUT2D eigenvalue weighted by molar-refractivity contribution is 0.117. The van der Waals surface area contributed by atoms with Crippen molar-refractivity contribution in [2.75, 3.05) is 13.2 Å². The summed E-state index contributed by atoms with van der Waals surface area (Å²) in [5.74, 6) is 0. The number of benzene rings is 1. The van der Waals surface area contributed by atoms with Crippen molar-refractivity contribution in [3.8, 4) is 0 Å². The van der Waals surface area contributed by atoms with Crippen LogP contribution in [0.15, 0.2) is 35.5 Å². The van der Waals surface area contributed by atoms with Gasteiger partial charge >= 0.3 is 0 Å². The lowest BCUT2D eigenvalue weighted by atomic mass is 10.1. The van der Waals surface area contributed by atoms with Crippen LogP contribution in [0.25, 0.3) is 0 Å². The van der Waals surface area contributed by atoms with Crippen LogP contribution in [-0.4, -0.2) is 27.0 Å². The summed E-state index contributed by atoms with van der Waals surface area (Å²) < 4.78 is 5.85. The Hall–Kier alpha value is -1.13. The van der Waals surface area contributed by atoms with E-state index in [4.69, 9.17) is 9.57 Å². The molecular formula is C16H23NO2Si. The third-order valence-corrected chi connectivity index (χ3v) is 9.85. The second-order valence-corrected chi connectivity index (χ2v) is 11.6. The van der Waals surface area contributed by atoms with Gasteiger partial charge in [0.1, 0.15) is 6.61 Å². The first kappa shape index (κ1) is 13.8. The van der Waals surface area contributed by atoms with Crippen LogP contribution in [-0.2, 0) is 16.2 Å². The van der Waals surface area contributed by atoms with E-state index in [0.717, 1.165) is 31.8 Å². The van der Waals surface area contributed by atoms with Crippen LogP contribution >= 0.6 is 0 Å². The number of hydrogen-bond acceptors (Lipinski definition) is 3. The molecule has 0 bridgehead atoms. The van der Waals surface area contributed by atoms with Crippen molar-refractivity contribution in [1.82, 2.24) is 0 Å². The molecule has 2 atom stereocenters. The quantitative estimate of drug-likeness (QED) is 0.609. The van der Waals surface area contributed by atoms with E-state index < -0.39 is 8.07 Å². The van der Waals surface area contributed by atoms with E-state index in [1.54, 1.807) is 0 Å². The molecule has 4 heteroatoms. The summed E-state index contributed by atoms with van der Waals surface area (Å²) in [6.07, 6.45) is 2.31. The minimum atomic E-state index is -1.26. The largest absolute Gasteiger partial charge is 0.395 e. The topological polar surface area (TPSA) is 30.8 Å². The van der Waals surface area contributed by atoms with E-state index >= 15 is 0 Å². The van der Waals surface area contributed by atoms with Crippen LogP contribution < -0.4 is 0 Å². The van der Waals surface area contributed by atoms with Crippen molar-refractivity contribution in [2.45, 2.75) is 43.6 Å². The number of rotatable bonds is 5. The Kier molecular flexibility index (Phi) is 3.94. The first-order chi connectivity index (χ1) is 9.68. The molecule has 0 amide bonds. The monoisotopic (exact) mass is 289 g/mol. The predicted octanol–water partition coefficient (Wildman–Crippen LogP) is 3.83. The molecule has 2 aliphatic heterocycles. The van der Waals surface area contributed by atoms with E-state index in [2.05, 4.69) is 42.5 Å². The van der Waals surface area contributed by atoms with Gasteiger partial charge in [0, 0.05) is 12.1 Å². The zero-order valence-corrected chi connectivity index (χ0v) is 13.3. The SMILES string of the molecule is C[Si]1(C)[C@@H](CCOCc2ccccc2)CC2=NOC[C@H]21. The van der Waals surface area contributed by atoms with Gasteiger partial charge in [-0.1, -0.05) is 48.6 Å². The van der Waals surface area contributed by atoms with Gasteiger partial charge in [0.25, 0.3) is 0 Å². The van der Waals surface area contributed by atoms with Crippen LogP contribution in [0.1, 0.15) is 18.4 Å². The molecule has 0 unspecified atom stereocenters. The summed E-state index contributed by atoms with van der Waals surface area (Å²) in [7, 11) is -1.26. The van der Waals surface area contributed by atoms with Crippen LogP contribution in [0.5, 0.6) is 0 Å². The standard InChI is InChI=1S/C16H23NO2Si/c1-20(2)14(10-15-16(20)12-19-17-15)8-9-18-11-13-6-4-3-5-7-13/h3-7,14,16H,8-12H2,1-2H3/t14-,16+/m0/s1. The van der Waals surface area contributed by atoms with Crippen molar-refractivity contribution in [3.05, 3.63) is 35.9 Å². The van der Waals surface area contributed by atoms with Crippen LogP contribution in [0.2, 0.25) is 24.2 Å². The van der Waals surface area contributed by atoms with Gasteiger partial charge in [-0.2, -0.15) is 0 Å². The fourth-order valence-corrected chi connectivity index (χ4v) is 7.14. The Labute approximate surface area is 122 Å². The highest BCUT2D eigenvalue weighted by Gasteiger charge is 2.50. The fourth-order valence-electron chi connectivity index (χ4n) is 3.44. The van der Waals surface area contributed by atoms with Crippen LogP contribution in [0.3, 0.4) is 0 Å². The minimum absolute atomic E-state index is 0.654. The average molecular weight is 289 g/mol. The Morgan fingerprint density at radius 3 is 2.85 bits per heavy atom. The minimum Gasteiger partial charge on any atom is -0.395 e. The second-order valence-electron chi connectivity index (χ2n) is 6.48. The summed E-state index contributed by atoms with van der Waals surface area (Å²) in [6, 6.07) is 10.4. The van der Waals surface area contributed by atoms with Gasteiger partial charge in [0.05, 0.1) is 20.4 Å². The molecule has 0 aliphatic carbocycles. The molecule has 108 valence electrons. The van der Waals surface area contributed by atoms with Crippen molar-refractivity contribution in [1.29, 1.82) is 0 Å². The molecule has 1 saturated heterocycles. The summed E-state index contributed by atoms with van der Waals surface area (Å²) in [5, 5.41) is 4.23. The molecule has 3 rings (SSSR count). The zero-order chi connectivity index (χ0) is 14.0. The van der Waals surface area contributed by atoms with Gasteiger partial charge in [-0.25, -0.2) is 0 Å². The molecule has 0 N–H and O–H groups in total. The number of oxime groups is 1. The maximum absolute atomic E-state index is 5.85. The molecular weight excluding hydrogens is 266 g/mol. The second kappa shape index (κ2) is 5.70. The first-order valence-corrected chi connectivity index (χ1v) is 10.6. The van der Waals surface area contributed by atoms with Gasteiger partial charge in [-0.15, -0.1) is 0 Å². The predicted molar refractivity (Wildman–Crippen MR) is 83.7 cm³/mol. The smallest absolute Gasteiger partial charge is 0.122 e. The van der Waals surface area contributed by atoms with E-state index in [1.165, 1.54) is 17.7 Å². The maximum atomic E-state index is 5.85. The molecule has 0 spiro atoms. The molecule has 20 heavy (non-hydrogen) atoms. The molecule has 3 nitrogen and oxygen atoms in total. The zero-order valence-electron chi connectivity index (χ0n) is 12.3. The molecule has 2 aliphatic rings. The van der Waals surface area contributed by atoms with Crippen LogP contribution in [0, 0.1) is 0 Å². The molecule has 0 radical (unpaired) electrons. The summed E-state index contributed by atoms with van der Waals surface area (Å²) in [4.78, 5) is 5.27. The van der Waals surface area contributed by atoms with E-state index in [-0.39, 0.29) is 0 Å². The third-order valence-electron chi connectivity index (χ3n) is 4.95. The molecule has 1 aromatic carbocycles. The highest BCUT2D eigenvalue weighted by atomic mass is 28.3. The molecule has 0 aromatic heterocycles. The van der Waals surface area contributed by atoms with Gasteiger partial charge in [0.15, 0.2) is 0 Å². The van der Waals surface area contributed by atoms with Crippen LogP contribution in [0.4, 0.5) is 0 Å².